The molecule has 0 fully saturated rings. The van der Waals surface area contributed by atoms with E-state index in [0.29, 0.717) is 0 Å². The highest BCUT2D eigenvalue weighted by Gasteiger charge is 2.19. The number of hydrogen-bond donors (Lipinski definition) is 0. The van der Waals surface area contributed by atoms with Crippen LogP contribution in [0.15, 0.2) is 150 Å². The first-order chi connectivity index (χ1) is 22.3. The van der Waals surface area contributed by atoms with Gasteiger partial charge < -0.3 is 4.42 Å². The highest BCUT2D eigenvalue weighted by molar-refractivity contribution is 6.29. The van der Waals surface area contributed by atoms with Gasteiger partial charge in [0.2, 0.25) is 0 Å². The van der Waals surface area contributed by atoms with Crippen molar-refractivity contribution in [1.29, 1.82) is 0 Å². The van der Waals surface area contributed by atoms with Gasteiger partial charge in [0, 0.05) is 55.0 Å². The molecule has 0 aliphatic heterocycles. The van der Waals surface area contributed by atoms with Gasteiger partial charge in [-0.3, -0.25) is 4.98 Å². The van der Waals surface area contributed by atoms with E-state index in [4.69, 9.17) is 14.4 Å². The lowest BCUT2D eigenvalue weighted by Crippen LogP contribution is -1.93. The topological polar surface area (TPSA) is 38.9 Å². The molecular weight excluding hydrogens is 548 g/mol. The molecule has 0 aliphatic carbocycles. The van der Waals surface area contributed by atoms with Gasteiger partial charge in [0.1, 0.15) is 11.2 Å². The second-order valence-corrected chi connectivity index (χ2v) is 11.7. The van der Waals surface area contributed by atoms with Crippen molar-refractivity contribution >= 4 is 76.1 Å². The Morgan fingerprint density at radius 1 is 0.422 bits per heavy atom. The fourth-order valence-corrected chi connectivity index (χ4v) is 7.30. The van der Waals surface area contributed by atoms with E-state index in [9.17, 15) is 0 Å². The zero-order chi connectivity index (χ0) is 29.5. The minimum Gasteiger partial charge on any atom is -0.455 e. The number of nitrogens with zero attached hydrogens (tertiary/aromatic N) is 2. The van der Waals surface area contributed by atoms with E-state index in [-0.39, 0.29) is 0 Å². The molecule has 0 spiro atoms. The summed E-state index contributed by atoms with van der Waals surface area (Å²) in [5, 5.41) is 11.5. The number of furan rings is 1. The molecule has 0 saturated carbocycles. The van der Waals surface area contributed by atoms with E-state index in [2.05, 4.69) is 121 Å². The van der Waals surface area contributed by atoms with Gasteiger partial charge in [0.25, 0.3) is 0 Å². The second kappa shape index (κ2) is 9.22. The predicted molar refractivity (Wildman–Crippen MR) is 188 cm³/mol. The van der Waals surface area contributed by atoms with Crippen LogP contribution in [0.4, 0.5) is 0 Å². The van der Waals surface area contributed by atoms with Crippen LogP contribution in [0.5, 0.6) is 0 Å². The van der Waals surface area contributed by atoms with Gasteiger partial charge >= 0.3 is 0 Å². The van der Waals surface area contributed by atoms with Gasteiger partial charge in [-0.15, -0.1) is 0 Å². The fourth-order valence-electron chi connectivity index (χ4n) is 7.30. The summed E-state index contributed by atoms with van der Waals surface area (Å²) in [6.07, 6.45) is 1.89. The third-order valence-electron chi connectivity index (χ3n) is 9.29. The third-order valence-corrected chi connectivity index (χ3v) is 9.29. The summed E-state index contributed by atoms with van der Waals surface area (Å²) < 4.78 is 6.47. The van der Waals surface area contributed by atoms with Gasteiger partial charge in [0.05, 0.1) is 16.7 Å². The van der Waals surface area contributed by atoms with E-state index in [1.165, 1.54) is 21.5 Å². The highest BCUT2D eigenvalue weighted by atomic mass is 16.3. The van der Waals surface area contributed by atoms with Gasteiger partial charge in [-0.2, -0.15) is 0 Å². The summed E-state index contributed by atoms with van der Waals surface area (Å²) in [5.74, 6) is 0. The molecule has 7 aromatic carbocycles. The van der Waals surface area contributed by atoms with Crippen LogP contribution in [0.25, 0.3) is 98.4 Å². The van der Waals surface area contributed by atoms with E-state index in [1.807, 2.05) is 24.4 Å². The molecule has 0 amide bonds. The standard InChI is InChI=1S/C42H24N2O/c1-2-11-28-27(10-1)29(32-14-7-15-33-30-12-4-6-17-37(30)45-42(32)33)22-23-31(28)41-35-21-20-25-18-19-26-9-8-24-43-40(26)38(25)39(35)34-13-3-5-16-36(34)44-41/h1-24H. The first-order valence-electron chi connectivity index (χ1n) is 15.3. The molecule has 208 valence electrons. The lowest BCUT2D eigenvalue weighted by molar-refractivity contribution is 0.670. The number of fused-ring (bicyclic) bond motifs is 11. The van der Waals surface area contributed by atoms with E-state index in [0.717, 1.165) is 76.9 Å². The van der Waals surface area contributed by atoms with Gasteiger partial charge in [-0.05, 0) is 39.9 Å². The Balaban J connectivity index is 1.31. The SMILES string of the molecule is c1cnc2c(c1)ccc1ccc3c(-c4ccc(-c5cccc6c5oc5ccccc56)c5ccccc45)nc4ccccc4c3c12. The van der Waals surface area contributed by atoms with Crippen molar-refractivity contribution in [2.75, 3.05) is 0 Å². The summed E-state index contributed by atoms with van der Waals surface area (Å²) in [6, 6.07) is 49.3. The molecule has 0 bridgehead atoms. The maximum Gasteiger partial charge on any atom is 0.143 e. The predicted octanol–water partition coefficient (Wildman–Crippen LogP) is 11.5. The minimum atomic E-state index is 0.905. The summed E-state index contributed by atoms with van der Waals surface area (Å²) in [4.78, 5) is 10.2. The van der Waals surface area contributed by atoms with E-state index < -0.39 is 0 Å². The van der Waals surface area contributed by atoms with E-state index in [1.54, 1.807) is 0 Å². The monoisotopic (exact) mass is 572 g/mol. The maximum absolute atomic E-state index is 6.47. The van der Waals surface area contributed by atoms with Crippen molar-refractivity contribution in [3.63, 3.8) is 0 Å². The largest absolute Gasteiger partial charge is 0.455 e. The fraction of sp³-hybridized carbons (Fsp3) is 0. The summed E-state index contributed by atoms with van der Waals surface area (Å²) in [6.45, 7) is 0. The average molecular weight is 573 g/mol. The molecule has 0 saturated heterocycles. The number of aromatic nitrogens is 2. The lowest BCUT2D eigenvalue weighted by Gasteiger charge is -2.16. The Morgan fingerprint density at radius 2 is 1.13 bits per heavy atom. The molecule has 0 atom stereocenters. The summed E-state index contributed by atoms with van der Waals surface area (Å²) >= 11 is 0. The molecule has 0 aliphatic rings. The number of para-hydroxylation sites is 3. The minimum absolute atomic E-state index is 0.905. The highest BCUT2D eigenvalue weighted by Crippen LogP contribution is 2.44. The molecule has 0 radical (unpaired) electrons. The Hall–Kier alpha value is -6.06. The second-order valence-electron chi connectivity index (χ2n) is 11.7. The van der Waals surface area contributed by atoms with Crippen molar-refractivity contribution in [2.45, 2.75) is 0 Å². The number of pyridine rings is 2. The number of hydrogen-bond acceptors (Lipinski definition) is 3. The summed E-state index contributed by atoms with van der Waals surface area (Å²) in [5.41, 5.74) is 8.12. The van der Waals surface area contributed by atoms with Crippen LogP contribution in [0, 0.1) is 0 Å². The molecule has 3 heterocycles. The normalized spacial score (nSPS) is 12.0. The number of rotatable bonds is 2. The van der Waals surface area contributed by atoms with Crippen molar-refractivity contribution in [3.05, 3.63) is 146 Å². The van der Waals surface area contributed by atoms with Gasteiger partial charge in [0.15, 0.2) is 0 Å². The maximum atomic E-state index is 6.47. The van der Waals surface area contributed by atoms with Crippen LogP contribution in [-0.2, 0) is 0 Å². The van der Waals surface area contributed by atoms with Gasteiger partial charge in [-0.1, -0.05) is 121 Å². The molecular formula is C42H24N2O. The lowest BCUT2D eigenvalue weighted by atomic mass is 9.90. The van der Waals surface area contributed by atoms with Crippen LogP contribution >= 0.6 is 0 Å². The summed E-state index contributed by atoms with van der Waals surface area (Å²) in [7, 11) is 0. The average Bonchev–Trinajstić information content (AvgIpc) is 3.49. The number of benzene rings is 7. The molecule has 10 aromatic rings. The van der Waals surface area contributed by atoms with E-state index >= 15 is 0 Å². The van der Waals surface area contributed by atoms with Crippen LogP contribution in [0.2, 0.25) is 0 Å². The van der Waals surface area contributed by atoms with Crippen molar-refractivity contribution in [2.24, 2.45) is 0 Å². The zero-order valence-corrected chi connectivity index (χ0v) is 24.2. The molecule has 10 rings (SSSR count). The first kappa shape index (κ1) is 24.4. The van der Waals surface area contributed by atoms with Crippen molar-refractivity contribution < 1.29 is 4.42 Å². The van der Waals surface area contributed by atoms with Crippen LogP contribution in [0.3, 0.4) is 0 Å². The molecule has 0 unspecified atom stereocenters. The van der Waals surface area contributed by atoms with Crippen LogP contribution < -0.4 is 0 Å². The zero-order valence-electron chi connectivity index (χ0n) is 24.2. The molecule has 3 nitrogen and oxygen atoms in total. The first-order valence-corrected chi connectivity index (χ1v) is 15.3. The quantitative estimate of drug-likeness (QED) is 0.193. The van der Waals surface area contributed by atoms with Crippen LogP contribution in [-0.4, -0.2) is 9.97 Å². The third kappa shape index (κ3) is 3.46. The van der Waals surface area contributed by atoms with Crippen LogP contribution in [0.1, 0.15) is 0 Å². The Labute approximate surface area is 258 Å². The Morgan fingerprint density at radius 3 is 2.04 bits per heavy atom. The Bertz CT molecular complexity index is 2830. The Kier molecular flexibility index (Phi) is 5.00. The van der Waals surface area contributed by atoms with Crippen molar-refractivity contribution in [1.82, 2.24) is 9.97 Å². The van der Waals surface area contributed by atoms with Crippen molar-refractivity contribution in [3.8, 4) is 22.4 Å². The van der Waals surface area contributed by atoms with Gasteiger partial charge in [-0.25, -0.2) is 4.98 Å². The molecule has 3 aromatic heterocycles. The molecule has 0 N–H and O–H groups in total. The molecule has 3 heteroatoms. The smallest absolute Gasteiger partial charge is 0.143 e. The molecule has 45 heavy (non-hydrogen) atoms.